The highest BCUT2D eigenvalue weighted by Crippen LogP contribution is 2.18. The van der Waals surface area contributed by atoms with Gasteiger partial charge in [0.2, 0.25) is 5.91 Å². The van der Waals surface area contributed by atoms with Crippen LogP contribution in [0.3, 0.4) is 0 Å². The topological polar surface area (TPSA) is 44.4 Å². The third-order valence-electron chi connectivity index (χ3n) is 3.67. The Bertz CT molecular complexity index is 247. The molecule has 1 unspecified atom stereocenters. The highest BCUT2D eigenvalue weighted by molar-refractivity contribution is 5.81. The van der Waals surface area contributed by atoms with Crippen molar-refractivity contribution in [3.63, 3.8) is 0 Å². The van der Waals surface area contributed by atoms with E-state index in [4.69, 9.17) is 0 Å². The zero-order chi connectivity index (χ0) is 13.5. The fourth-order valence-corrected chi connectivity index (χ4v) is 2.36. The first-order chi connectivity index (χ1) is 8.49. The van der Waals surface area contributed by atoms with Crippen molar-refractivity contribution < 1.29 is 4.79 Å². The SMILES string of the molecule is CC(C)NC(=O)C(C)NCCC1CCN(C)CC1. The second kappa shape index (κ2) is 7.74. The Morgan fingerprint density at radius 2 is 1.89 bits per heavy atom. The standard InChI is InChI=1S/C14H29N3O/c1-11(2)16-14(18)12(3)15-8-5-13-6-9-17(4)10-7-13/h11-13,15H,5-10H2,1-4H3,(H,16,18). The smallest absolute Gasteiger partial charge is 0.237 e. The van der Waals surface area contributed by atoms with Crippen molar-refractivity contribution in [2.24, 2.45) is 5.92 Å². The number of piperidine rings is 1. The number of rotatable bonds is 6. The molecule has 106 valence electrons. The summed E-state index contributed by atoms with van der Waals surface area (Å²) < 4.78 is 0. The minimum Gasteiger partial charge on any atom is -0.353 e. The predicted molar refractivity (Wildman–Crippen MR) is 75.6 cm³/mol. The van der Waals surface area contributed by atoms with Gasteiger partial charge in [-0.1, -0.05) is 0 Å². The van der Waals surface area contributed by atoms with Crippen LogP contribution in [0, 0.1) is 5.92 Å². The monoisotopic (exact) mass is 255 g/mol. The summed E-state index contributed by atoms with van der Waals surface area (Å²) in [7, 11) is 2.19. The second-order valence-corrected chi connectivity index (χ2v) is 5.87. The van der Waals surface area contributed by atoms with Gasteiger partial charge in [0.25, 0.3) is 0 Å². The molecule has 4 nitrogen and oxygen atoms in total. The number of nitrogens with zero attached hydrogens (tertiary/aromatic N) is 1. The maximum Gasteiger partial charge on any atom is 0.237 e. The van der Waals surface area contributed by atoms with E-state index in [-0.39, 0.29) is 18.0 Å². The molecule has 0 aromatic heterocycles. The van der Waals surface area contributed by atoms with Crippen molar-refractivity contribution in [1.82, 2.24) is 15.5 Å². The molecule has 1 atom stereocenters. The number of carbonyl (C=O) groups excluding carboxylic acids is 1. The lowest BCUT2D eigenvalue weighted by Crippen LogP contribution is -2.45. The fraction of sp³-hybridized carbons (Fsp3) is 0.929. The first kappa shape index (κ1) is 15.4. The molecule has 2 N–H and O–H groups in total. The number of hydrogen-bond donors (Lipinski definition) is 2. The van der Waals surface area contributed by atoms with Crippen LogP contribution in [-0.2, 0) is 4.79 Å². The van der Waals surface area contributed by atoms with Crippen LogP contribution in [-0.4, -0.2) is 49.6 Å². The Morgan fingerprint density at radius 1 is 1.28 bits per heavy atom. The van der Waals surface area contributed by atoms with Crippen LogP contribution in [0.5, 0.6) is 0 Å². The molecule has 1 aliphatic heterocycles. The number of likely N-dealkylation sites (tertiary alicyclic amines) is 1. The van der Waals surface area contributed by atoms with Gasteiger partial charge >= 0.3 is 0 Å². The molecule has 1 fully saturated rings. The van der Waals surface area contributed by atoms with E-state index in [0.717, 1.165) is 12.5 Å². The summed E-state index contributed by atoms with van der Waals surface area (Å²) >= 11 is 0. The zero-order valence-corrected chi connectivity index (χ0v) is 12.3. The van der Waals surface area contributed by atoms with Crippen molar-refractivity contribution in [3.05, 3.63) is 0 Å². The van der Waals surface area contributed by atoms with Gasteiger partial charge in [0.15, 0.2) is 0 Å². The van der Waals surface area contributed by atoms with Gasteiger partial charge in [0.05, 0.1) is 6.04 Å². The summed E-state index contributed by atoms with van der Waals surface area (Å²) in [5.74, 6) is 0.933. The lowest BCUT2D eigenvalue weighted by atomic mass is 9.94. The quantitative estimate of drug-likeness (QED) is 0.750. The van der Waals surface area contributed by atoms with E-state index >= 15 is 0 Å². The van der Waals surface area contributed by atoms with E-state index in [1.54, 1.807) is 0 Å². The van der Waals surface area contributed by atoms with Gasteiger partial charge in [-0.25, -0.2) is 0 Å². The molecule has 0 aromatic rings. The molecule has 1 saturated heterocycles. The molecule has 0 aliphatic carbocycles. The van der Waals surface area contributed by atoms with Gasteiger partial charge in [0, 0.05) is 6.04 Å². The average molecular weight is 255 g/mol. The van der Waals surface area contributed by atoms with Crippen molar-refractivity contribution in [2.45, 2.75) is 52.1 Å². The Hall–Kier alpha value is -0.610. The van der Waals surface area contributed by atoms with Gasteiger partial charge in [-0.2, -0.15) is 0 Å². The maximum absolute atomic E-state index is 11.7. The van der Waals surface area contributed by atoms with Crippen molar-refractivity contribution in [1.29, 1.82) is 0 Å². The normalized spacial score (nSPS) is 20.1. The molecule has 1 aliphatic rings. The highest BCUT2D eigenvalue weighted by Gasteiger charge is 2.17. The summed E-state index contributed by atoms with van der Waals surface area (Å²) in [6.45, 7) is 9.29. The van der Waals surface area contributed by atoms with E-state index < -0.39 is 0 Å². The molecule has 4 heteroatoms. The van der Waals surface area contributed by atoms with Crippen LogP contribution in [0.4, 0.5) is 0 Å². The lowest BCUT2D eigenvalue weighted by Gasteiger charge is -2.29. The van der Waals surface area contributed by atoms with Crippen molar-refractivity contribution >= 4 is 5.91 Å². The number of nitrogens with one attached hydrogen (secondary N) is 2. The molecule has 1 amide bonds. The Balaban J connectivity index is 2.11. The summed E-state index contributed by atoms with van der Waals surface area (Å²) in [6, 6.07) is 0.134. The van der Waals surface area contributed by atoms with E-state index in [0.29, 0.717) is 0 Å². The van der Waals surface area contributed by atoms with E-state index in [1.165, 1.54) is 32.4 Å². The first-order valence-corrected chi connectivity index (χ1v) is 7.21. The molecule has 0 radical (unpaired) electrons. The van der Waals surface area contributed by atoms with E-state index in [2.05, 4.69) is 22.6 Å². The van der Waals surface area contributed by atoms with Crippen LogP contribution in [0.1, 0.15) is 40.0 Å². The Labute approximate surface area is 111 Å². The van der Waals surface area contributed by atoms with Crippen LogP contribution in [0.25, 0.3) is 0 Å². The summed E-state index contributed by atoms with van der Waals surface area (Å²) in [6.07, 6.45) is 3.78. The van der Waals surface area contributed by atoms with Crippen LogP contribution in [0.15, 0.2) is 0 Å². The largest absolute Gasteiger partial charge is 0.353 e. The van der Waals surface area contributed by atoms with Gasteiger partial charge in [-0.15, -0.1) is 0 Å². The van der Waals surface area contributed by atoms with E-state index in [9.17, 15) is 4.79 Å². The van der Waals surface area contributed by atoms with Crippen LogP contribution >= 0.6 is 0 Å². The van der Waals surface area contributed by atoms with Gasteiger partial charge in [0.1, 0.15) is 0 Å². The molecule has 1 rings (SSSR count). The summed E-state index contributed by atoms with van der Waals surface area (Å²) in [4.78, 5) is 14.1. The number of carbonyl (C=O) groups is 1. The molecular weight excluding hydrogens is 226 g/mol. The minimum absolute atomic E-state index is 0.0846. The first-order valence-electron chi connectivity index (χ1n) is 7.21. The summed E-state index contributed by atoms with van der Waals surface area (Å²) in [5.41, 5.74) is 0. The summed E-state index contributed by atoms with van der Waals surface area (Å²) in [5, 5.41) is 6.25. The average Bonchev–Trinajstić information content (AvgIpc) is 2.30. The molecule has 0 spiro atoms. The van der Waals surface area contributed by atoms with E-state index in [1.807, 2.05) is 20.8 Å². The molecule has 18 heavy (non-hydrogen) atoms. The third-order valence-corrected chi connectivity index (χ3v) is 3.67. The molecule has 0 saturated carbocycles. The van der Waals surface area contributed by atoms with Crippen molar-refractivity contribution in [3.8, 4) is 0 Å². The highest BCUT2D eigenvalue weighted by atomic mass is 16.2. The number of hydrogen-bond acceptors (Lipinski definition) is 3. The third kappa shape index (κ3) is 5.83. The van der Waals surface area contributed by atoms with Crippen molar-refractivity contribution in [2.75, 3.05) is 26.7 Å². The molecular formula is C14H29N3O. The lowest BCUT2D eigenvalue weighted by molar-refractivity contribution is -0.123. The fourth-order valence-electron chi connectivity index (χ4n) is 2.36. The Morgan fingerprint density at radius 3 is 2.44 bits per heavy atom. The Kier molecular flexibility index (Phi) is 6.65. The van der Waals surface area contributed by atoms with Gasteiger partial charge in [-0.05, 0) is 72.6 Å². The van der Waals surface area contributed by atoms with Crippen LogP contribution < -0.4 is 10.6 Å². The number of amides is 1. The second-order valence-electron chi connectivity index (χ2n) is 5.87. The maximum atomic E-state index is 11.7. The molecule has 0 bridgehead atoms. The molecule has 1 heterocycles. The minimum atomic E-state index is -0.0846. The zero-order valence-electron chi connectivity index (χ0n) is 12.3. The molecule has 0 aromatic carbocycles. The van der Waals surface area contributed by atoms with Gasteiger partial charge < -0.3 is 15.5 Å². The predicted octanol–water partition coefficient (Wildman–Crippen LogP) is 1.22. The van der Waals surface area contributed by atoms with Crippen LogP contribution in [0.2, 0.25) is 0 Å². The van der Waals surface area contributed by atoms with Gasteiger partial charge in [-0.3, -0.25) is 4.79 Å².